The third-order valence-corrected chi connectivity index (χ3v) is 2.89. The van der Waals surface area contributed by atoms with Gasteiger partial charge in [0.15, 0.2) is 0 Å². The van der Waals surface area contributed by atoms with Gasteiger partial charge in [-0.25, -0.2) is 0 Å². The fourth-order valence-corrected chi connectivity index (χ4v) is 2.02. The van der Waals surface area contributed by atoms with Gasteiger partial charge in [-0.3, -0.25) is 9.59 Å². The highest BCUT2D eigenvalue weighted by Crippen LogP contribution is 2.21. The molecule has 0 saturated heterocycles. The Balaban J connectivity index is 2.42. The second-order valence-corrected chi connectivity index (χ2v) is 4.13. The third kappa shape index (κ3) is 4.45. The summed E-state index contributed by atoms with van der Waals surface area (Å²) in [7, 11) is 0. The molecule has 1 unspecified atom stereocenters. The molecule has 1 aliphatic carbocycles. The van der Waals surface area contributed by atoms with Crippen molar-refractivity contribution in [2.24, 2.45) is 5.92 Å². The van der Waals surface area contributed by atoms with Gasteiger partial charge in [0.2, 0.25) is 0 Å². The number of hydrogen-bond donors (Lipinski definition) is 0. The van der Waals surface area contributed by atoms with E-state index in [4.69, 9.17) is 4.74 Å². The van der Waals surface area contributed by atoms with Crippen LogP contribution < -0.4 is 0 Å². The van der Waals surface area contributed by atoms with E-state index in [1.54, 1.807) is 0 Å². The van der Waals surface area contributed by atoms with E-state index in [1.807, 2.05) is 6.92 Å². The molecule has 1 aliphatic rings. The van der Waals surface area contributed by atoms with E-state index in [2.05, 4.69) is 0 Å². The molecule has 0 amide bonds. The Morgan fingerprint density at radius 3 is 2.67 bits per heavy atom. The molecule has 3 heteroatoms. The number of ether oxygens (including phenoxy) is 1. The molecule has 1 atom stereocenters. The van der Waals surface area contributed by atoms with Crippen LogP contribution in [0.4, 0.5) is 0 Å². The molecule has 1 fully saturated rings. The SMILES string of the molecule is CCOC(=O)C1CCCCC(=O)CCC1. The molecule has 1 saturated carbocycles. The second kappa shape index (κ2) is 6.59. The smallest absolute Gasteiger partial charge is 0.308 e. The highest BCUT2D eigenvalue weighted by atomic mass is 16.5. The lowest BCUT2D eigenvalue weighted by Gasteiger charge is -2.13. The maximum absolute atomic E-state index is 11.5. The lowest BCUT2D eigenvalue weighted by atomic mass is 9.97. The predicted octanol–water partition coefficient (Wildman–Crippen LogP) is 2.48. The van der Waals surface area contributed by atoms with Crippen LogP contribution in [0.3, 0.4) is 0 Å². The fourth-order valence-electron chi connectivity index (χ4n) is 2.02. The van der Waals surface area contributed by atoms with Crippen molar-refractivity contribution in [1.82, 2.24) is 0 Å². The van der Waals surface area contributed by atoms with Crippen LogP contribution >= 0.6 is 0 Å². The number of Topliss-reactive ketones (excluding diaryl/α,β-unsaturated/α-hetero) is 1. The maximum Gasteiger partial charge on any atom is 0.308 e. The van der Waals surface area contributed by atoms with Crippen molar-refractivity contribution in [3.8, 4) is 0 Å². The van der Waals surface area contributed by atoms with Crippen LogP contribution in [0.2, 0.25) is 0 Å². The summed E-state index contributed by atoms with van der Waals surface area (Å²) < 4.78 is 5.02. The topological polar surface area (TPSA) is 43.4 Å². The number of ketones is 1. The molecular formula is C12H20O3. The van der Waals surface area contributed by atoms with Crippen LogP contribution in [0.1, 0.15) is 51.9 Å². The molecule has 0 heterocycles. The zero-order valence-electron chi connectivity index (χ0n) is 9.46. The van der Waals surface area contributed by atoms with Crippen molar-refractivity contribution in [2.45, 2.75) is 51.9 Å². The number of hydrogen-bond acceptors (Lipinski definition) is 3. The molecule has 15 heavy (non-hydrogen) atoms. The number of carbonyl (C=O) groups is 2. The first-order valence-electron chi connectivity index (χ1n) is 5.92. The first-order valence-corrected chi connectivity index (χ1v) is 5.92. The number of esters is 1. The summed E-state index contributed by atoms with van der Waals surface area (Å²) in [6.45, 7) is 2.28. The van der Waals surface area contributed by atoms with Crippen molar-refractivity contribution < 1.29 is 14.3 Å². The van der Waals surface area contributed by atoms with Gasteiger partial charge in [-0.05, 0) is 32.6 Å². The van der Waals surface area contributed by atoms with E-state index in [1.165, 1.54) is 0 Å². The van der Waals surface area contributed by atoms with Gasteiger partial charge in [-0.15, -0.1) is 0 Å². The Labute approximate surface area is 91.2 Å². The van der Waals surface area contributed by atoms with E-state index < -0.39 is 0 Å². The molecule has 1 rings (SSSR count). The van der Waals surface area contributed by atoms with Gasteiger partial charge >= 0.3 is 5.97 Å². The van der Waals surface area contributed by atoms with E-state index >= 15 is 0 Å². The standard InChI is InChI=1S/C12H20O3/c1-2-15-12(14)10-6-3-4-8-11(13)9-5-7-10/h10H,2-9H2,1H3. The Bertz CT molecular complexity index is 223. The highest BCUT2D eigenvalue weighted by molar-refractivity contribution is 5.78. The first-order chi connectivity index (χ1) is 7.24. The largest absolute Gasteiger partial charge is 0.466 e. The summed E-state index contributed by atoms with van der Waals surface area (Å²) in [5.41, 5.74) is 0. The maximum atomic E-state index is 11.5. The Morgan fingerprint density at radius 2 is 1.93 bits per heavy atom. The van der Waals surface area contributed by atoms with Crippen molar-refractivity contribution in [1.29, 1.82) is 0 Å². The van der Waals surface area contributed by atoms with E-state index in [0.29, 0.717) is 25.2 Å². The van der Waals surface area contributed by atoms with Gasteiger partial charge in [-0.2, -0.15) is 0 Å². The van der Waals surface area contributed by atoms with Gasteiger partial charge in [0.05, 0.1) is 12.5 Å². The van der Waals surface area contributed by atoms with Crippen LogP contribution in [0.15, 0.2) is 0 Å². The molecule has 0 bridgehead atoms. The van der Waals surface area contributed by atoms with E-state index in [-0.39, 0.29) is 11.9 Å². The molecule has 0 aromatic rings. The molecule has 0 aromatic heterocycles. The van der Waals surface area contributed by atoms with Gasteiger partial charge in [0.25, 0.3) is 0 Å². The minimum absolute atomic E-state index is 0.0239. The first kappa shape index (κ1) is 12.2. The zero-order valence-corrected chi connectivity index (χ0v) is 9.46. The van der Waals surface area contributed by atoms with Crippen LogP contribution in [0.25, 0.3) is 0 Å². The van der Waals surface area contributed by atoms with Crippen LogP contribution in [-0.4, -0.2) is 18.4 Å². The van der Waals surface area contributed by atoms with Crippen molar-refractivity contribution in [3.63, 3.8) is 0 Å². The van der Waals surface area contributed by atoms with Gasteiger partial charge in [0.1, 0.15) is 5.78 Å². The lowest BCUT2D eigenvalue weighted by molar-refractivity contribution is -0.148. The molecule has 3 nitrogen and oxygen atoms in total. The average Bonchev–Trinajstić information content (AvgIpc) is 2.30. The van der Waals surface area contributed by atoms with E-state index in [9.17, 15) is 9.59 Å². The summed E-state index contributed by atoms with van der Waals surface area (Å²) in [4.78, 5) is 22.8. The summed E-state index contributed by atoms with van der Waals surface area (Å²) >= 11 is 0. The highest BCUT2D eigenvalue weighted by Gasteiger charge is 2.20. The van der Waals surface area contributed by atoms with Crippen LogP contribution in [-0.2, 0) is 14.3 Å². The number of rotatable bonds is 2. The average molecular weight is 212 g/mol. The Hall–Kier alpha value is -0.860. The van der Waals surface area contributed by atoms with Gasteiger partial charge in [0, 0.05) is 12.8 Å². The monoisotopic (exact) mass is 212 g/mol. The summed E-state index contributed by atoms with van der Waals surface area (Å²) in [5, 5.41) is 0. The minimum Gasteiger partial charge on any atom is -0.466 e. The molecule has 0 spiro atoms. The number of carbonyl (C=O) groups excluding carboxylic acids is 2. The van der Waals surface area contributed by atoms with Gasteiger partial charge in [-0.1, -0.05) is 6.42 Å². The quantitative estimate of drug-likeness (QED) is 0.660. The minimum atomic E-state index is -0.0770. The van der Waals surface area contributed by atoms with Gasteiger partial charge < -0.3 is 4.74 Å². The molecular weight excluding hydrogens is 192 g/mol. The van der Waals surface area contributed by atoms with Crippen molar-refractivity contribution >= 4 is 11.8 Å². The van der Waals surface area contributed by atoms with Crippen LogP contribution in [0, 0.1) is 5.92 Å². The van der Waals surface area contributed by atoms with Crippen molar-refractivity contribution in [3.05, 3.63) is 0 Å². The normalized spacial score (nSPS) is 23.8. The zero-order chi connectivity index (χ0) is 11.1. The summed E-state index contributed by atoms with van der Waals surface area (Å²) in [5.74, 6) is 0.294. The second-order valence-electron chi connectivity index (χ2n) is 4.13. The van der Waals surface area contributed by atoms with Crippen molar-refractivity contribution in [2.75, 3.05) is 6.61 Å². The Morgan fingerprint density at radius 1 is 1.27 bits per heavy atom. The molecule has 86 valence electrons. The lowest BCUT2D eigenvalue weighted by Crippen LogP contribution is -2.17. The fraction of sp³-hybridized carbons (Fsp3) is 0.833. The molecule has 0 aromatic carbocycles. The molecule has 0 radical (unpaired) electrons. The summed E-state index contributed by atoms with van der Waals surface area (Å²) in [6, 6.07) is 0. The predicted molar refractivity (Wildman–Crippen MR) is 57.4 cm³/mol. The summed E-state index contributed by atoms with van der Waals surface area (Å²) in [6.07, 6.45) is 5.74. The van der Waals surface area contributed by atoms with E-state index in [0.717, 1.165) is 32.1 Å². The van der Waals surface area contributed by atoms with Crippen LogP contribution in [0.5, 0.6) is 0 Å². The Kier molecular flexibility index (Phi) is 5.37. The molecule has 0 aliphatic heterocycles. The molecule has 0 N–H and O–H groups in total. The third-order valence-electron chi connectivity index (χ3n) is 2.89.